The average Bonchev–Trinajstić information content (AvgIpc) is 2.65. The first kappa shape index (κ1) is 17.3. The van der Waals surface area contributed by atoms with E-state index in [2.05, 4.69) is 36.9 Å². The molecule has 2 aromatic carbocycles. The van der Waals surface area contributed by atoms with E-state index in [-0.39, 0.29) is 5.91 Å². The number of carbonyl (C=O) groups excluding carboxylic acids is 1. The van der Waals surface area contributed by atoms with E-state index in [1.807, 2.05) is 35.2 Å². The van der Waals surface area contributed by atoms with Crippen LogP contribution in [0.1, 0.15) is 17.5 Å². The van der Waals surface area contributed by atoms with Gasteiger partial charge < -0.3 is 14.5 Å². The van der Waals surface area contributed by atoms with Crippen molar-refractivity contribution in [1.29, 1.82) is 0 Å². The molecular formula is C21H26N2O2. The molecule has 2 aromatic rings. The Bertz CT molecular complexity index is 707. The molecule has 0 N–H and O–H groups in total. The Morgan fingerprint density at radius 3 is 2.40 bits per heavy atom. The van der Waals surface area contributed by atoms with Gasteiger partial charge in [0.05, 0.1) is 13.0 Å². The van der Waals surface area contributed by atoms with Crippen molar-refractivity contribution in [2.75, 3.05) is 37.7 Å². The number of anilines is 1. The van der Waals surface area contributed by atoms with Gasteiger partial charge >= 0.3 is 0 Å². The van der Waals surface area contributed by atoms with Gasteiger partial charge in [0.25, 0.3) is 0 Å². The largest absolute Gasteiger partial charge is 0.493 e. The molecule has 25 heavy (non-hydrogen) atoms. The molecular weight excluding hydrogens is 312 g/mol. The number of rotatable bonds is 5. The average molecular weight is 338 g/mol. The van der Waals surface area contributed by atoms with Gasteiger partial charge in [0, 0.05) is 31.9 Å². The van der Waals surface area contributed by atoms with Gasteiger partial charge in [-0.05, 0) is 43.2 Å². The molecule has 0 bridgehead atoms. The van der Waals surface area contributed by atoms with E-state index in [0.29, 0.717) is 13.0 Å². The molecule has 1 heterocycles. The van der Waals surface area contributed by atoms with E-state index in [1.165, 1.54) is 16.8 Å². The van der Waals surface area contributed by atoms with Crippen molar-refractivity contribution in [3.8, 4) is 5.75 Å². The summed E-state index contributed by atoms with van der Waals surface area (Å²) in [6.45, 7) is 8.06. The SMILES string of the molecule is Cc1cccc(N2CCN(C(=O)CCOc3ccccc3)CC2)c1C. The smallest absolute Gasteiger partial charge is 0.226 e. The summed E-state index contributed by atoms with van der Waals surface area (Å²) in [5.74, 6) is 0.992. The van der Waals surface area contributed by atoms with Crippen LogP contribution in [0, 0.1) is 13.8 Å². The lowest BCUT2D eigenvalue weighted by atomic mass is 10.1. The molecule has 0 aliphatic carbocycles. The summed E-state index contributed by atoms with van der Waals surface area (Å²) in [7, 11) is 0. The van der Waals surface area contributed by atoms with Gasteiger partial charge in [-0.25, -0.2) is 0 Å². The summed E-state index contributed by atoms with van der Waals surface area (Å²) in [6.07, 6.45) is 0.429. The topological polar surface area (TPSA) is 32.8 Å². The number of carbonyl (C=O) groups is 1. The number of amides is 1. The maximum Gasteiger partial charge on any atom is 0.226 e. The Labute approximate surface area is 150 Å². The molecule has 1 saturated heterocycles. The summed E-state index contributed by atoms with van der Waals surface area (Å²) >= 11 is 0. The van der Waals surface area contributed by atoms with Crippen LogP contribution in [0.25, 0.3) is 0 Å². The zero-order chi connectivity index (χ0) is 17.6. The van der Waals surface area contributed by atoms with Gasteiger partial charge in [-0.1, -0.05) is 30.3 Å². The first-order chi connectivity index (χ1) is 12.1. The molecule has 0 unspecified atom stereocenters. The second-order valence-corrected chi connectivity index (χ2v) is 6.50. The van der Waals surface area contributed by atoms with Gasteiger partial charge in [-0.15, -0.1) is 0 Å². The number of nitrogens with zero attached hydrogens (tertiary/aromatic N) is 2. The Hall–Kier alpha value is -2.49. The maximum absolute atomic E-state index is 12.4. The molecule has 0 atom stereocenters. The minimum absolute atomic E-state index is 0.177. The molecule has 132 valence electrons. The second kappa shape index (κ2) is 8.06. The van der Waals surface area contributed by atoms with Gasteiger partial charge in [0.1, 0.15) is 5.75 Å². The predicted octanol–water partition coefficient (Wildman–Crippen LogP) is 3.42. The van der Waals surface area contributed by atoms with E-state index < -0.39 is 0 Å². The molecule has 0 saturated carbocycles. The van der Waals surface area contributed by atoms with E-state index >= 15 is 0 Å². The third-order valence-corrected chi connectivity index (χ3v) is 4.88. The molecule has 0 spiro atoms. The quantitative estimate of drug-likeness (QED) is 0.837. The highest BCUT2D eigenvalue weighted by Crippen LogP contribution is 2.24. The van der Waals surface area contributed by atoms with Crippen molar-refractivity contribution >= 4 is 11.6 Å². The van der Waals surface area contributed by atoms with Crippen LogP contribution in [-0.4, -0.2) is 43.6 Å². The first-order valence-electron chi connectivity index (χ1n) is 8.92. The summed E-state index contributed by atoms with van der Waals surface area (Å²) in [6, 6.07) is 16.1. The number of ether oxygens (including phenoxy) is 1. The minimum Gasteiger partial charge on any atom is -0.493 e. The van der Waals surface area contributed by atoms with E-state index in [4.69, 9.17) is 4.74 Å². The van der Waals surface area contributed by atoms with Crippen molar-refractivity contribution in [2.45, 2.75) is 20.3 Å². The highest BCUT2D eigenvalue weighted by Gasteiger charge is 2.22. The van der Waals surface area contributed by atoms with Crippen LogP contribution in [0.4, 0.5) is 5.69 Å². The van der Waals surface area contributed by atoms with Crippen LogP contribution in [0.5, 0.6) is 5.75 Å². The molecule has 3 rings (SSSR count). The summed E-state index contributed by atoms with van der Waals surface area (Å²) in [4.78, 5) is 16.7. The third kappa shape index (κ3) is 4.32. The Balaban J connectivity index is 1.47. The Morgan fingerprint density at radius 1 is 0.960 bits per heavy atom. The van der Waals surface area contributed by atoms with Crippen LogP contribution >= 0.6 is 0 Å². The lowest BCUT2D eigenvalue weighted by molar-refractivity contribution is -0.132. The highest BCUT2D eigenvalue weighted by molar-refractivity contribution is 5.76. The Kier molecular flexibility index (Phi) is 5.59. The minimum atomic E-state index is 0.177. The highest BCUT2D eigenvalue weighted by atomic mass is 16.5. The second-order valence-electron chi connectivity index (χ2n) is 6.50. The van der Waals surface area contributed by atoms with E-state index in [1.54, 1.807) is 0 Å². The molecule has 1 amide bonds. The third-order valence-electron chi connectivity index (χ3n) is 4.88. The van der Waals surface area contributed by atoms with Gasteiger partial charge in [-0.2, -0.15) is 0 Å². The van der Waals surface area contributed by atoms with Crippen LogP contribution in [-0.2, 0) is 4.79 Å². The Morgan fingerprint density at radius 2 is 1.68 bits per heavy atom. The summed E-state index contributed by atoms with van der Waals surface area (Å²) in [5.41, 5.74) is 3.94. The zero-order valence-electron chi connectivity index (χ0n) is 15.1. The van der Waals surface area contributed by atoms with Gasteiger partial charge in [0.15, 0.2) is 0 Å². The van der Waals surface area contributed by atoms with E-state index in [9.17, 15) is 4.79 Å². The van der Waals surface area contributed by atoms with Crippen molar-refractivity contribution in [2.24, 2.45) is 0 Å². The zero-order valence-corrected chi connectivity index (χ0v) is 15.1. The fourth-order valence-corrected chi connectivity index (χ4v) is 3.21. The fourth-order valence-electron chi connectivity index (χ4n) is 3.21. The fraction of sp³-hybridized carbons (Fsp3) is 0.381. The standard InChI is InChI=1S/C21H26N2O2/c1-17-7-6-10-20(18(17)2)22-12-14-23(15-13-22)21(24)11-16-25-19-8-4-3-5-9-19/h3-10H,11-16H2,1-2H3. The van der Waals surface area contributed by atoms with Crippen molar-refractivity contribution in [3.05, 3.63) is 59.7 Å². The number of benzene rings is 2. The number of hydrogen-bond donors (Lipinski definition) is 0. The number of piperazine rings is 1. The summed E-state index contributed by atoms with van der Waals surface area (Å²) in [5, 5.41) is 0. The molecule has 4 heteroatoms. The van der Waals surface area contributed by atoms with E-state index in [0.717, 1.165) is 31.9 Å². The number of hydrogen-bond acceptors (Lipinski definition) is 3. The van der Waals surface area contributed by atoms with Gasteiger partial charge in [-0.3, -0.25) is 4.79 Å². The normalized spacial score (nSPS) is 14.5. The lowest BCUT2D eigenvalue weighted by Gasteiger charge is -2.37. The maximum atomic E-state index is 12.4. The van der Waals surface area contributed by atoms with Gasteiger partial charge in [0.2, 0.25) is 5.91 Å². The molecule has 0 aromatic heterocycles. The molecule has 1 fully saturated rings. The monoisotopic (exact) mass is 338 g/mol. The number of para-hydroxylation sites is 1. The van der Waals surface area contributed by atoms with Crippen LogP contribution in [0.3, 0.4) is 0 Å². The van der Waals surface area contributed by atoms with Crippen molar-refractivity contribution in [3.63, 3.8) is 0 Å². The molecule has 1 aliphatic rings. The van der Waals surface area contributed by atoms with Crippen molar-refractivity contribution in [1.82, 2.24) is 4.90 Å². The molecule has 1 aliphatic heterocycles. The van der Waals surface area contributed by atoms with Crippen LogP contribution in [0.2, 0.25) is 0 Å². The molecule has 4 nitrogen and oxygen atoms in total. The number of aryl methyl sites for hydroxylation is 1. The first-order valence-corrected chi connectivity index (χ1v) is 8.92. The van der Waals surface area contributed by atoms with Crippen LogP contribution in [0.15, 0.2) is 48.5 Å². The van der Waals surface area contributed by atoms with Crippen LogP contribution < -0.4 is 9.64 Å². The lowest BCUT2D eigenvalue weighted by Crippen LogP contribution is -2.49. The predicted molar refractivity (Wildman–Crippen MR) is 101 cm³/mol. The summed E-state index contributed by atoms with van der Waals surface area (Å²) < 4.78 is 5.63. The van der Waals surface area contributed by atoms with Crippen molar-refractivity contribution < 1.29 is 9.53 Å². The molecule has 0 radical (unpaired) electrons.